The topological polar surface area (TPSA) is 93.7 Å². The fraction of sp³-hybridized carbons (Fsp3) is 0.667. The summed E-state index contributed by atoms with van der Waals surface area (Å²) < 4.78 is 9.38. The van der Waals surface area contributed by atoms with Crippen molar-refractivity contribution in [3.63, 3.8) is 0 Å². The fourth-order valence-corrected chi connectivity index (χ4v) is 1.37. The second-order valence-electron chi connectivity index (χ2n) is 6.19. The highest BCUT2D eigenvalue weighted by Gasteiger charge is 2.20. The zero-order valence-corrected chi connectivity index (χ0v) is 14.1. The van der Waals surface area contributed by atoms with Gasteiger partial charge in [0.25, 0.3) is 0 Å². The maximum atomic E-state index is 11.8. The number of nitrogens with one attached hydrogen (secondary N) is 2. The molecule has 1 atom stereocenters. The van der Waals surface area contributed by atoms with Gasteiger partial charge in [0.05, 0.1) is 13.2 Å². The van der Waals surface area contributed by atoms with Crippen LogP contribution in [-0.2, 0) is 19.1 Å². The minimum Gasteiger partial charge on any atom is -0.466 e. The first-order chi connectivity index (χ1) is 10.0. The molecule has 7 heteroatoms. The van der Waals surface area contributed by atoms with Gasteiger partial charge in [-0.2, -0.15) is 0 Å². The Morgan fingerprint density at radius 3 is 2.09 bits per heavy atom. The highest BCUT2D eigenvalue weighted by atomic mass is 16.5. The molecular formula is C15H26N2O5. The van der Waals surface area contributed by atoms with Gasteiger partial charge in [-0.1, -0.05) is 13.8 Å². The van der Waals surface area contributed by atoms with Crippen molar-refractivity contribution in [2.45, 2.75) is 46.2 Å². The van der Waals surface area contributed by atoms with E-state index in [0.29, 0.717) is 0 Å². The molecule has 0 aromatic heterocycles. The SMILES string of the molecule is COC(=O)/C=C/C(=O)OC[C@@H](NC(=O)NC(C)(C)C)C(C)C. The molecule has 0 unspecified atom stereocenters. The predicted octanol–water partition coefficient (Wildman–Crippen LogP) is 1.38. The molecule has 0 rings (SSSR count). The smallest absolute Gasteiger partial charge is 0.331 e. The van der Waals surface area contributed by atoms with Crippen molar-refractivity contribution >= 4 is 18.0 Å². The van der Waals surface area contributed by atoms with Crippen molar-refractivity contribution < 1.29 is 23.9 Å². The number of carbonyl (C=O) groups is 3. The van der Waals surface area contributed by atoms with Crippen LogP contribution in [0.4, 0.5) is 4.79 Å². The monoisotopic (exact) mass is 314 g/mol. The van der Waals surface area contributed by atoms with Crippen LogP contribution in [0.5, 0.6) is 0 Å². The van der Waals surface area contributed by atoms with E-state index in [9.17, 15) is 14.4 Å². The summed E-state index contributed by atoms with van der Waals surface area (Å²) >= 11 is 0. The second kappa shape index (κ2) is 9.07. The first-order valence-electron chi connectivity index (χ1n) is 7.06. The van der Waals surface area contributed by atoms with Crippen LogP contribution in [0.2, 0.25) is 0 Å². The van der Waals surface area contributed by atoms with Gasteiger partial charge in [-0.25, -0.2) is 14.4 Å². The number of rotatable bonds is 6. The van der Waals surface area contributed by atoms with Crippen LogP contribution in [0.15, 0.2) is 12.2 Å². The maximum absolute atomic E-state index is 11.8. The van der Waals surface area contributed by atoms with E-state index >= 15 is 0 Å². The van der Waals surface area contributed by atoms with Gasteiger partial charge in [-0.3, -0.25) is 0 Å². The quantitative estimate of drug-likeness (QED) is 0.570. The summed E-state index contributed by atoms with van der Waals surface area (Å²) in [6, 6.07) is -0.662. The average Bonchev–Trinajstić information content (AvgIpc) is 2.38. The molecule has 0 aliphatic rings. The number of ether oxygens (including phenoxy) is 2. The Balaban J connectivity index is 4.42. The molecule has 0 saturated carbocycles. The summed E-state index contributed by atoms with van der Waals surface area (Å²) in [5.41, 5.74) is -0.356. The van der Waals surface area contributed by atoms with Crippen LogP contribution in [0, 0.1) is 5.92 Å². The van der Waals surface area contributed by atoms with Crippen LogP contribution in [0.1, 0.15) is 34.6 Å². The van der Waals surface area contributed by atoms with Gasteiger partial charge in [0.15, 0.2) is 0 Å². The van der Waals surface area contributed by atoms with Crippen molar-refractivity contribution in [2.24, 2.45) is 5.92 Å². The molecule has 0 aliphatic carbocycles. The molecule has 7 nitrogen and oxygen atoms in total. The van der Waals surface area contributed by atoms with E-state index in [2.05, 4.69) is 15.4 Å². The van der Waals surface area contributed by atoms with Crippen molar-refractivity contribution in [1.29, 1.82) is 0 Å². The molecule has 2 amide bonds. The molecule has 0 saturated heterocycles. The molecular weight excluding hydrogens is 288 g/mol. The van der Waals surface area contributed by atoms with Gasteiger partial charge < -0.3 is 20.1 Å². The van der Waals surface area contributed by atoms with Gasteiger partial charge >= 0.3 is 18.0 Å². The molecule has 22 heavy (non-hydrogen) atoms. The number of hydrogen-bond acceptors (Lipinski definition) is 5. The summed E-state index contributed by atoms with van der Waals surface area (Å²) in [5, 5.41) is 5.54. The van der Waals surface area contributed by atoms with E-state index in [4.69, 9.17) is 4.74 Å². The molecule has 126 valence electrons. The van der Waals surface area contributed by atoms with Crippen molar-refractivity contribution in [3.8, 4) is 0 Å². The summed E-state index contributed by atoms with van der Waals surface area (Å²) in [4.78, 5) is 34.2. The second-order valence-corrected chi connectivity index (χ2v) is 6.19. The van der Waals surface area contributed by atoms with Gasteiger partial charge in [0, 0.05) is 17.7 Å². The Labute approximate surface area is 131 Å². The molecule has 0 fully saturated rings. The zero-order valence-electron chi connectivity index (χ0n) is 14.1. The third-order valence-electron chi connectivity index (χ3n) is 2.57. The molecule has 0 aromatic carbocycles. The largest absolute Gasteiger partial charge is 0.466 e. The molecule has 0 radical (unpaired) electrons. The van der Waals surface area contributed by atoms with Crippen molar-refractivity contribution in [1.82, 2.24) is 10.6 Å². The number of amides is 2. The molecule has 0 spiro atoms. The van der Waals surface area contributed by atoms with E-state index in [0.717, 1.165) is 12.2 Å². The van der Waals surface area contributed by atoms with Crippen LogP contribution in [-0.4, -0.2) is 43.3 Å². The Bertz CT molecular complexity index is 424. The fourth-order valence-electron chi connectivity index (χ4n) is 1.37. The Morgan fingerprint density at radius 2 is 1.64 bits per heavy atom. The Morgan fingerprint density at radius 1 is 1.09 bits per heavy atom. The number of methoxy groups -OCH3 is 1. The number of esters is 2. The van der Waals surface area contributed by atoms with Gasteiger partial charge in [0.1, 0.15) is 6.61 Å². The minimum absolute atomic E-state index is 0.0135. The number of urea groups is 1. The average molecular weight is 314 g/mol. The Hall–Kier alpha value is -2.05. The summed E-state index contributed by atoms with van der Waals surface area (Å²) in [6.07, 6.45) is 1.96. The van der Waals surface area contributed by atoms with Gasteiger partial charge in [0.2, 0.25) is 0 Å². The zero-order chi connectivity index (χ0) is 17.3. The van der Waals surface area contributed by atoms with E-state index in [1.165, 1.54) is 7.11 Å². The van der Waals surface area contributed by atoms with Gasteiger partial charge in [-0.05, 0) is 26.7 Å². The predicted molar refractivity (Wildman–Crippen MR) is 82.2 cm³/mol. The van der Waals surface area contributed by atoms with Crippen LogP contribution < -0.4 is 10.6 Å². The van der Waals surface area contributed by atoms with E-state index in [1.807, 2.05) is 34.6 Å². The molecule has 0 aliphatic heterocycles. The first kappa shape index (κ1) is 19.9. The molecule has 0 aromatic rings. The lowest BCUT2D eigenvalue weighted by atomic mass is 10.1. The molecule has 0 bridgehead atoms. The third-order valence-corrected chi connectivity index (χ3v) is 2.57. The van der Waals surface area contributed by atoms with Crippen LogP contribution in [0.3, 0.4) is 0 Å². The lowest BCUT2D eigenvalue weighted by Crippen LogP contribution is -2.52. The summed E-state index contributed by atoms with van der Waals surface area (Å²) in [7, 11) is 1.21. The Kier molecular flexibility index (Phi) is 8.22. The molecule has 2 N–H and O–H groups in total. The number of carbonyl (C=O) groups excluding carboxylic acids is 3. The van der Waals surface area contributed by atoms with E-state index in [1.54, 1.807) is 0 Å². The summed E-state index contributed by atoms with van der Waals surface area (Å²) in [6.45, 7) is 9.43. The van der Waals surface area contributed by atoms with Crippen molar-refractivity contribution in [2.75, 3.05) is 13.7 Å². The third kappa shape index (κ3) is 9.79. The normalized spacial score (nSPS) is 12.9. The van der Waals surface area contributed by atoms with E-state index in [-0.39, 0.29) is 30.1 Å². The molecule has 0 heterocycles. The highest BCUT2D eigenvalue weighted by Crippen LogP contribution is 2.04. The highest BCUT2D eigenvalue weighted by molar-refractivity contribution is 5.91. The van der Waals surface area contributed by atoms with Crippen molar-refractivity contribution in [3.05, 3.63) is 12.2 Å². The van der Waals surface area contributed by atoms with Gasteiger partial charge in [-0.15, -0.1) is 0 Å². The summed E-state index contributed by atoms with van der Waals surface area (Å²) in [5.74, 6) is -1.24. The first-order valence-corrected chi connectivity index (χ1v) is 7.06. The lowest BCUT2D eigenvalue weighted by Gasteiger charge is -2.26. The maximum Gasteiger partial charge on any atom is 0.331 e. The van der Waals surface area contributed by atoms with Crippen LogP contribution >= 0.6 is 0 Å². The van der Waals surface area contributed by atoms with E-state index < -0.39 is 11.9 Å². The van der Waals surface area contributed by atoms with Crippen LogP contribution in [0.25, 0.3) is 0 Å². The standard InChI is InChI=1S/C15H26N2O5/c1-10(2)11(16-14(20)17-15(3,4)5)9-22-13(19)8-7-12(18)21-6/h7-8,10-11H,9H2,1-6H3,(H2,16,17,20)/b8-7+/t11-/m1/s1. The minimum atomic E-state index is -0.672. The number of hydrogen-bond donors (Lipinski definition) is 2. The lowest BCUT2D eigenvalue weighted by molar-refractivity contribution is -0.140.